The van der Waals surface area contributed by atoms with Crippen LogP contribution in [-0.4, -0.2) is 33.4 Å². The van der Waals surface area contributed by atoms with Gasteiger partial charge in [-0.05, 0) is 30.3 Å². The lowest BCUT2D eigenvalue weighted by atomic mass is 10.2. The molecule has 4 heterocycles. The number of ether oxygens (including phenoxy) is 1. The van der Waals surface area contributed by atoms with E-state index in [4.69, 9.17) is 4.74 Å². The lowest BCUT2D eigenvalue weighted by Gasteiger charge is -2.18. The minimum Gasteiger partial charge on any atom is -0.456 e. The minimum atomic E-state index is -4.64. The van der Waals surface area contributed by atoms with Gasteiger partial charge in [-0.2, -0.15) is 13.2 Å². The number of hydrogen-bond donors (Lipinski definition) is 1. The number of carbonyl (C=O) groups is 2. The van der Waals surface area contributed by atoms with Gasteiger partial charge in [-0.15, -0.1) is 0 Å². The zero-order valence-corrected chi connectivity index (χ0v) is 17.0. The number of urea groups is 1. The number of carbonyl (C=O) groups excluding carboxylic acids is 2. The van der Waals surface area contributed by atoms with Crippen molar-refractivity contribution in [2.75, 3.05) is 16.3 Å². The van der Waals surface area contributed by atoms with Crippen LogP contribution in [0.4, 0.5) is 33.7 Å². The first-order valence-corrected chi connectivity index (χ1v) is 9.78. The average molecular weight is 471 g/mol. The first-order chi connectivity index (χ1) is 16.2. The predicted octanol–water partition coefficient (Wildman–Crippen LogP) is 4.88. The number of fused-ring (bicyclic) bond motifs is 1. The van der Waals surface area contributed by atoms with Crippen LogP contribution in [0.15, 0.2) is 61.2 Å². The molecule has 0 spiro atoms. The van der Waals surface area contributed by atoms with E-state index in [1.807, 2.05) is 0 Å². The van der Waals surface area contributed by atoms with Crippen LogP contribution in [0.2, 0.25) is 0 Å². The van der Waals surface area contributed by atoms with Crippen LogP contribution in [0, 0.1) is 5.82 Å². The highest BCUT2D eigenvalue weighted by Gasteiger charge is 2.39. The molecule has 0 aliphatic carbocycles. The Labute approximate surface area is 188 Å². The Hall–Kier alpha value is -4.48. The topological polar surface area (TPSA) is 91.4 Å². The van der Waals surface area contributed by atoms with E-state index < -0.39 is 36.0 Å². The molecule has 5 rings (SSSR count). The zero-order valence-electron chi connectivity index (χ0n) is 17.0. The molecule has 0 atom stereocenters. The van der Waals surface area contributed by atoms with Gasteiger partial charge in [0.2, 0.25) is 0 Å². The Kier molecular flexibility index (Phi) is 4.92. The Morgan fingerprint density at radius 1 is 1.03 bits per heavy atom. The lowest BCUT2D eigenvalue weighted by Crippen LogP contribution is -2.33. The highest BCUT2D eigenvalue weighted by Crippen LogP contribution is 2.34. The third-order valence-corrected chi connectivity index (χ3v) is 5.14. The van der Waals surface area contributed by atoms with Crippen molar-refractivity contribution in [2.45, 2.75) is 6.18 Å². The zero-order chi connectivity index (χ0) is 24.0. The van der Waals surface area contributed by atoms with Crippen LogP contribution < -0.4 is 14.5 Å². The first kappa shape index (κ1) is 21.4. The molecule has 1 saturated heterocycles. The van der Waals surface area contributed by atoms with Crippen LogP contribution >= 0.6 is 0 Å². The van der Waals surface area contributed by atoms with Crippen LogP contribution in [0.25, 0.3) is 11.0 Å². The smallest absolute Gasteiger partial charge is 0.417 e. The lowest BCUT2D eigenvalue weighted by molar-refractivity contribution is -0.137. The SMILES string of the molecule is O=C1CN(c2cncc(C(F)(F)F)c2)C(=O)N1c1ccc(Oc2ccnc3[nH]cc(F)c23)cc1. The van der Waals surface area contributed by atoms with Crippen molar-refractivity contribution in [1.29, 1.82) is 0 Å². The van der Waals surface area contributed by atoms with Crippen LogP contribution in [0.3, 0.4) is 0 Å². The molecule has 8 nitrogen and oxygen atoms in total. The number of hydrogen-bond acceptors (Lipinski definition) is 5. The van der Waals surface area contributed by atoms with E-state index in [2.05, 4.69) is 15.0 Å². The van der Waals surface area contributed by atoms with Crippen molar-refractivity contribution < 1.29 is 31.9 Å². The maximum Gasteiger partial charge on any atom is 0.417 e. The molecule has 0 unspecified atom stereocenters. The van der Waals surface area contributed by atoms with Gasteiger partial charge < -0.3 is 9.72 Å². The standard InChI is InChI=1S/C22H13F4N5O3/c23-16-10-29-20-19(16)17(5-6-28-20)34-15-3-1-13(2-4-15)31-18(32)11-30(21(31)33)14-7-12(8-27-9-14)22(24,25)26/h1-10H,11H2,(H,28,29). The number of nitrogens with zero attached hydrogens (tertiary/aromatic N) is 4. The molecule has 1 aliphatic rings. The van der Waals surface area contributed by atoms with Crippen LogP contribution in [0.5, 0.6) is 11.5 Å². The molecule has 12 heteroatoms. The van der Waals surface area contributed by atoms with Gasteiger partial charge in [0.15, 0.2) is 5.82 Å². The maximum absolute atomic E-state index is 14.0. The first-order valence-electron chi connectivity index (χ1n) is 9.78. The molecule has 1 aliphatic heterocycles. The number of benzene rings is 1. The second-order valence-electron chi connectivity index (χ2n) is 7.29. The monoisotopic (exact) mass is 471 g/mol. The van der Waals surface area contributed by atoms with Crippen molar-refractivity contribution in [3.8, 4) is 11.5 Å². The second-order valence-corrected chi connectivity index (χ2v) is 7.29. The van der Waals surface area contributed by atoms with E-state index in [9.17, 15) is 27.2 Å². The molecule has 0 bridgehead atoms. The number of anilines is 2. The summed E-state index contributed by atoms with van der Waals surface area (Å²) in [6, 6.07) is 7.25. The molecule has 1 aromatic carbocycles. The van der Waals surface area contributed by atoms with Crippen molar-refractivity contribution in [2.24, 2.45) is 0 Å². The molecule has 4 aromatic rings. The molecule has 1 fully saturated rings. The Morgan fingerprint density at radius 3 is 2.53 bits per heavy atom. The van der Waals surface area contributed by atoms with E-state index in [0.29, 0.717) is 17.6 Å². The molecule has 0 saturated carbocycles. The molecule has 3 amide bonds. The summed E-state index contributed by atoms with van der Waals surface area (Å²) in [6.45, 7) is -0.443. The van der Waals surface area contributed by atoms with Gasteiger partial charge in [0, 0.05) is 24.7 Å². The van der Waals surface area contributed by atoms with E-state index in [1.54, 1.807) is 0 Å². The number of nitrogens with one attached hydrogen (secondary N) is 1. The number of H-pyrrole nitrogens is 1. The molecule has 3 aromatic heterocycles. The van der Waals surface area contributed by atoms with Crippen molar-refractivity contribution >= 4 is 34.3 Å². The largest absolute Gasteiger partial charge is 0.456 e. The summed E-state index contributed by atoms with van der Waals surface area (Å²) in [5.41, 5.74) is -0.679. The van der Waals surface area contributed by atoms with E-state index >= 15 is 0 Å². The summed E-state index contributed by atoms with van der Waals surface area (Å²) in [6.07, 6.45) is -0.325. The molecular weight excluding hydrogens is 458 g/mol. The van der Waals surface area contributed by atoms with E-state index in [0.717, 1.165) is 28.3 Å². The molecule has 34 heavy (non-hydrogen) atoms. The number of amides is 3. The highest BCUT2D eigenvalue weighted by atomic mass is 19.4. The summed E-state index contributed by atoms with van der Waals surface area (Å²) in [5, 5.41) is 0.168. The van der Waals surface area contributed by atoms with Gasteiger partial charge in [-0.25, -0.2) is 19.1 Å². The number of aromatic nitrogens is 3. The van der Waals surface area contributed by atoms with Gasteiger partial charge in [0.1, 0.15) is 23.7 Å². The third kappa shape index (κ3) is 3.68. The molecule has 1 N–H and O–H groups in total. The number of alkyl halides is 3. The number of halogens is 4. The van der Waals surface area contributed by atoms with Gasteiger partial charge in [-0.1, -0.05) is 0 Å². The number of aromatic amines is 1. The summed E-state index contributed by atoms with van der Waals surface area (Å²) < 4.78 is 58.7. The summed E-state index contributed by atoms with van der Waals surface area (Å²) in [5.74, 6) is -0.642. The van der Waals surface area contributed by atoms with Gasteiger partial charge in [-0.3, -0.25) is 14.7 Å². The van der Waals surface area contributed by atoms with Crippen LogP contribution in [-0.2, 0) is 11.0 Å². The summed E-state index contributed by atoms with van der Waals surface area (Å²) in [4.78, 5) is 37.4. The van der Waals surface area contributed by atoms with Gasteiger partial charge >= 0.3 is 12.2 Å². The third-order valence-electron chi connectivity index (χ3n) is 5.14. The van der Waals surface area contributed by atoms with Crippen molar-refractivity contribution in [3.05, 3.63) is 72.6 Å². The fraction of sp³-hybridized carbons (Fsp3) is 0.0909. The predicted molar refractivity (Wildman–Crippen MR) is 112 cm³/mol. The number of rotatable bonds is 4. The summed E-state index contributed by atoms with van der Waals surface area (Å²) in [7, 11) is 0. The highest BCUT2D eigenvalue weighted by molar-refractivity contribution is 6.26. The molecular formula is C22H13F4N5O3. The van der Waals surface area contributed by atoms with Crippen LogP contribution in [0.1, 0.15) is 5.56 Å². The average Bonchev–Trinajstić information content (AvgIpc) is 3.34. The number of pyridine rings is 2. The fourth-order valence-electron chi connectivity index (χ4n) is 3.55. The molecule has 0 radical (unpaired) electrons. The van der Waals surface area contributed by atoms with E-state index in [1.165, 1.54) is 36.5 Å². The summed E-state index contributed by atoms with van der Waals surface area (Å²) >= 11 is 0. The van der Waals surface area contributed by atoms with Gasteiger partial charge in [0.25, 0.3) is 5.91 Å². The Morgan fingerprint density at radius 2 is 1.79 bits per heavy atom. The number of imide groups is 1. The minimum absolute atomic E-state index is 0.147. The Bertz CT molecular complexity index is 1420. The van der Waals surface area contributed by atoms with Crippen molar-refractivity contribution in [3.63, 3.8) is 0 Å². The fourth-order valence-corrected chi connectivity index (χ4v) is 3.55. The Balaban J connectivity index is 1.38. The normalized spacial score (nSPS) is 14.4. The van der Waals surface area contributed by atoms with Gasteiger partial charge in [0.05, 0.1) is 28.5 Å². The van der Waals surface area contributed by atoms with Crippen molar-refractivity contribution in [1.82, 2.24) is 15.0 Å². The maximum atomic E-state index is 14.0. The van der Waals surface area contributed by atoms with E-state index in [-0.39, 0.29) is 22.5 Å². The quantitative estimate of drug-likeness (QED) is 0.338. The second kappa shape index (κ2) is 7.83. The molecule has 172 valence electrons.